The number of carboxylic acids is 2. The van der Waals surface area contributed by atoms with E-state index in [1.54, 1.807) is 32.4 Å². The third-order valence-electron chi connectivity index (χ3n) is 6.33. The summed E-state index contributed by atoms with van der Waals surface area (Å²) in [6.45, 7) is -1.75. The van der Waals surface area contributed by atoms with Gasteiger partial charge in [0, 0.05) is 5.92 Å². The molecule has 2 N–H and O–H groups in total. The standard InChI is InChI=1S/C18H20O5.C9H3F13O2/c1-11(12-8-9-14(21-2)16(10-12)23-4)13-6-5-7-15(22-3)17(13)18(19)20;10-1-5(13,14)7(17,18)9(21,22)8(19,20)6(15,16)3(12)2(11)4(23)24/h5-11H,1-4H3,(H,19,20);1H2,(H,23,24). The van der Waals surface area contributed by atoms with E-state index in [0.29, 0.717) is 22.8 Å². The molecule has 0 bridgehead atoms. The maximum Gasteiger partial charge on any atom is 0.385 e. The summed E-state index contributed by atoms with van der Waals surface area (Å²) in [4.78, 5) is 21.4. The fourth-order valence-electron chi connectivity index (χ4n) is 3.69. The van der Waals surface area contributed by atoms with E-state index in [2.05, 4.69) is 0 Å². The first kappa shape index (κ1) is 40.6. The molecule has 0 amide bonds. The van der Waals surface area contributed by atoms with Gasteiger partial charge in [-0.1, -0.05) is 25.1 Å². The maximum atomic E-state index is 12.9. The second kappa shape index (κ2) is 14.6. The maximum absolute atomic E-state index is 12.9. The van der Waals surface area contributed by atoms with Crippen LogP contribution < -0.4 is 14.2 Å². The molecule has 2 rings (SSSR count). The Morgan fingerprint density at radius 2 is 1.26 bits per heavy atom. The van der Waals surface area contributed by atoms with Crippen LogP contribution in [0.15, 0.2) is 48.1 Å². The molecule has 7 nitrogen and oxygen atoms in total. The quantitative estimate of drug-likeness (QED) is 0.161. The van der Waals surface area contributed by atoms with Gasteiger partial charge in [0.1, 0.15) is 11.3 Å². The first-order valence-corrected chi connectivity index (χ1v) is 12.2. The number of halogens is 13. The number of benzene rings is 2. The van der Waals surface area contributed by atoms with Crippen molar-refractivity contribution in [3.63, 3.8) is 0 Å². The number of aliphatic carboxylic acids is 1. The minimum Gasteiger partial charge on any atom is -0.496 e. The predicted octanol–water partition coefficient (Wildman–Crippen LogP) is 7.93. The van der Waals surface area contributed by atoms with E-state index in [4.69, 9.17) is 19.3 Å². The summed E-state index contributed by atoms with van der Waals surface area (Å²) in [5.41, 5.74) is 1.79. The third kappa shape index (κ3) is 7.45. The largest absolute Gasteiger partial charge is 0.496 e. The van der Waals surface area contributed by atoms with Crippen LogP contribution in [0.25, 0.3) is 0 Å². The molecule has 0 spiro atoms. The second-order valence-corrected chi connectivity index (χ2v) is 9.13. The van der Waals surface area contributed by atoms with Crippen LogP contribution in [0.5, 0.6) is 17.2 Å². The summed E-state index contributed by atoms with van der Waals surface area (Å²) in [6, 6.07) is 10.8. The van der Waals surface area contributed by atoms with Gasteiger partial charge in [0.2, 0.25) is 11.7 Å². The third-order valence-corrected chi connectivity index (χ3v) is 6.33. The van der Waals surface area contributed by atoms with E-state index in [9.17, 15) is 71.8 Å². The molecule has 1 unspecified atom stereocenters. The lowest BCUT2D eigenvalue weighted by molar-refractivity contribution is -0.398. The molecule has 0 fully saturated rings. The highest BCUT2D eigenvalue weighted by Gasteiger charge is 2.87. The Morgan fingerprint density at radius 3 is 1.68 bits per heavy atom. The van der Waals surface area contributed by atoms with E-state index < -0.39 is 59.9 Å². The number of carboxylic acid groups (broad SMARTS) is 2. The molecule has 0 saturated heterocycles. The minimum atomic E-state index is -7.82. The molecule has 2 aromatic rings. The van der Waals surface area contributed by atoms with E-state index >= 15 is 0 Å². The van der Waals surface area contributed by atoms with Crippen molar-refractivity contribution >= 4 is 11.9 Å². The molecule has 0 aliphatic rings. The van der Waals surface area contributed by atoms with Gasteiger partial charge in [0.05, 0.1) is 21.3 Å². The molecule has 47 heavy (non-hydrogen) atoms. The van der Waals surface area contributed by atoms with Crippen LogP contribution in [0.4, 0.5) is 57.1 Å². The number of carbonyl (C=O) groups is 2. The van der Waals surface area contributed by atoms with Crippen molar-refractivity contribution in [1.82, 2.24) is 0 Å². The van der Waals surface area contributed by atoms with Crippen LogP contribution in [0.3, 0.4) is 0 Å². The summed E-state index contributed by atoms with van der Waals surface area (Å²) < 4.78 is 180. The fourth-order valence-corrected chi connectivity index (χ4v) is 3.69. The topological polar surface area (TPSA) is 102 Å². The van der Waals surface area contributed by atoms with Crippen molar-refractivity contribution in [3.05, 3.63) is 64.7 Å². The molecular formula is C27H23F13O7. The van der Waals surface area contributed by atoms with Crippen molar-refractivity contribution < 1.29 is 91.1 Å². The van der Waals surface area contributed by atoms with Gasteiger partial charge in [-0.3, -0.25) is 0 Å². The monoisotopic (exact) mass is 706 g/mol. The van der Waals surface area contributed by atoms with Crippen molar-refractivity contribution in [2.75, 3.05) is 28.0 Å². The summed E-state index contributed by atoms with van der Waals surface area (Å²) in [6.07, 6.45) is 0. The first-order chi connectivity index (χ1) is 21.4. The molecule has 264 valence electrons. The zero-order chi connectivity index (χ0) is 36.9. The fraction of sp³-hybridized carbons (Fsp3) is 0.407. The van der Waals surface area contributed by atoms with Crippen molar-refractivity contribution in [1.29, 1.82) is 0 Å². The number of aromatic carboxylic acids is 1. The Morgan fingerprint density at radius 1 is 0.745 bits per heavy atom. The Bertz CT molecular complexity index is 1480. The molecule has 0 aromatic heterocycles. The molecule has 0 aliphatic heterocycles. The number of alkyl halides is 11. The Kier molecular flexibility index (Phi) is 12.6. The number of hydrogen-bond donors (Lipinski definition) is 2. The number of rotatable bonds is 13. The SMILES string of the molecule is COc1ccc(C(C)c2cccc(OC)c2C(=O)O)cc1OC.O=C(O)C(F)=C(F)C(F)(F)C(F)(F)C(F)(F)C(F)(F)C(F)(F)CF. The summed E-state index contributed by atoms with van der Waals surface area (Å²) >= 11 is 0. The number of ether oxygens (including phenoxy) is 3. The Balaban J connectivity index is 0.000000470. The highest BCUT2D eigenvalue weighted by Crippen LogP contribution is 2.59. The van der Waals surface area contributed by atoms with Crippen molar-refractivity contribution in [2.24, 2.45) is 0 Å². The summed E-state index contributed by atoms with van der Waals surface area (Å²) in [5.74, 6) is -48.1. The van der Waals surface area contributed by atoms with Crippen LogP contribution in [-0.2, 0) is 4.79 Å². The molecule has 0 heterocycles. The zero-order valence-electron chi connectivity index (χ0n) is 24.1. The van der Waals surface area contributed by atoms with Gasteiger partial charge >= 0.3 is 41.6 Å². The highest BCUT2D eigenvalue weighted by molar-refractivity contribution is 5.93. The van der Waals surface area contributed by atoms with E-state index in [0.717, 1.165) is 5.56 Å². The molecule has 2 aromatic carbocycles. The lowest BCUT2D eigenvalue weighted by Crippen LogP contribution is -2.67. The molecule has 0 aliphatic carbocycles. The molecule has 20 heteroatoms. The number of methoxy groups -OCH3 is 3. The predicted molar refractivity (Wildman–Crippen MR) is 135 cm³/mol. The molecular weight excluding hydrogens is 683 g/mol. The van der Waals surface area contributed by atoms with Crippen LogP contribution in [0.2, 0.25) is 0 Å². The summed E-state index contributed by atoms with van der Waals surface area (Å²) in [7, 11) is 4.61. The van der Waals surface area contributed by atoms with E-state index in [-0.39, 0.29) is 11.5 Å². The minimum absolute atomic E-state index is 0.143. The van der Waals surface area contributed by atoms with Crippen molar-refractivity contribution in [3.8, 4) is 17.2 Å². The van der Waals surface area contributed by atoms with Gasteiger partial charge in [-0.2, -0.15) is 48.3 Å². The lowest BCUT2D eigenvalue weighted by Gasteiger charge is -2.38. The molecule has 0 radical (unpaired) electrons. The van der Waals surface area contributed by atoms with Gasteiger partial charge in [-0.25, -0.2) is 18.4 Å². The zero-order valence-corrected chi connectivity index (χ0v) is 24.1. The normalized spacial score (nSPS) is 13.9. The first-order valence-electron chi connectivity index (χ1n) is 12.2. The Hall–Kier alpha value is -4.39. The van der Waals surface area contributed by atoms with E-state index in [1.807, 2.05) is 25.1 Å². The molecule has 0 saturated carbocycles. The molecule has 1 atom stereocenters. The highest BCUT2D eigenvalue weighted by atomic mass is 19.4. The average molecular weight is 706 g/mol. The van der Waals surface area contributed by atoms with Crippen LogP contribution in [0.1, 0.15) is 34.3 Å². The number of hydrogen-bond acceptors (Lipinski definition) is 5. The summed E-state index contributed by atoms with van der Waals surface area (Å²) in [5, 5.41) is 17.3. The van der Waals surface area contributed by atoms with Crippen LogP contribution in [-0.4, -0.2) is 79.8 Å². The Labute approximate surface area is 256 Å². The van der Waals surface area contributed by atoms with Crippen LogP contribution in [0, 0.1) is 0 Å². The average Bonchev–Trinajstić information content (AvgIpc) is 3.02. The van der Waals surface area contributed by atoms with Gasteiger partial charge in [0.25, 0.3) is 0 Å². The van der Waals surface area contributed by atoms with Crippen molar-refractivity contribution in [2.45, 2.75) is 42.5 Å². The number of allylic oxidation sites excluding steroid dienone is 1. The van der Waals surface area contributed by atoms with Gasteiger partial charge in [0.15, 0.2) is 18.2 Å². The van der Waals surface area contributed by atoms with Gasteiger partial charge < -0.3 is 24.4 Å². The second-order valence-electron chi connectivity index (χ2n) is 9.13. The smallest absolute Gasteiger partial charge is 0.385 e. The van der Waals surface area contributed by atoms with Gasteiger partial charge in [-0.05, 0) is 29.3 Å². The van der Waals surface area contributed by atoms with Gasteiger partial charge in [-0.15, -0.1) is 0 Å². The van der Waals surface area contributed by atoms with E-state index in [1.165, 1.54) is 7.11 Å². The lowest BCUT2D eigenvalue weighted by atomic mass is 9.89. The van der Waals surface area contributed by atoms with Crippen LogP contribution >= 0.6 is 0 Å².